The predicted molar refractivity (Wildman–Crippen MR) is 186 cm³/mol. The van der Waals surface area contributed by atoms with Crippen LogP contribution in [0.5, 0.6) is 0 Å². The van der Waals surface area contributed by atoms with Gasteiger partial charge in [0.2, 0.25) is 21.8 Å². The number of fused-ring (bicyclic) bond motifs is 8. The number of hydrogen-bond donors (Lipinski definition) is 3. The lowest BCUT2D eigenvalue weighted by Gasteiger charge is -2.35. The molecule has 276 valence electrons. The third-order valence-electron chi connectivity index (χ3n) is 10.3. The molecule has 2 aliphatic heterocycles. The van der Waals surface area contributed by atoms with Crippen molar-refractivity contribution in [3.8, 4) is 5.69 Å². The number of aryl methyl sites for hydroxylation is 1. The first kappa shape index (κ1) is 36.5. The van der Waals surface area contributed by atoms with E-state index in [1.54, 1.807) is 20.8 Å². The fourth-order valence-electron chi connectivity index (χ4n) is 6.97. The summed E-state index contributed by atoms with van der Waals surface area (Å²) in [6.07, 6.45) is 7.48. The molecule has 4 amide bonds. The number of aromatic nitrogens is 4. The van der Waals surface area contributed by atoms with E-state index in [-0.39, 0.29) is 26.0 Å². The lowest BCUT2D eigenvalue weighted by Crippen LogP contribution is -2.60. The maximum Gasteiger partial charge on any atom is 0.407 e. The number of nitrogens with zero attached hydrogens (tertiary/aromatic N) is 5. The molecule has 1 aromatic heterocycles. The van der Waals surface area contributed by atoms with Crippen LogP contribution >= 0.6 is 0 Å². The van der Waals surface area contributed by atoms with Gasteiger partial charge in [-0.05, 0) is 73.3 Å². The van der Waals surface area contributed by atoms with Crippen molar-refractivity contribution in [3.63, 3.8) is 0 Å². The summed E-state index contributed by atoms with van der Waals surface area (Å²) in [6.45, 7) is 9.43. The molecule has 3 heterocycles. The Bertz CT molecular complexity index is 1790. The summed E-state index contributed by atoms with van der Waals surface area (Å²) < 4.78 is 33.0. The lowest BCUT2D eigenvalue weighted by molar-refractivity contribution is -0.142. The molecule has 15 nitrogen and oxygen atoms in total. The van der Waals surface area contributed by atoms with Crippen LogP contribution in [0.3, 0.4) is 0 Å². The molecule has 3 fully saturated rings. The highest BCUT2D eigenvalue weighted by Gasteiger charge is 2.62. The van der Waals surface area contributed by atoms with Gasteiger partial charge in [0.1, 0.15) is 17.6 Å². The first-order chi connectivity index (χ1) is 24.2. The van der Waals surface area contributed by atoms with E-state index in [2.05, 4.69) is 43.4 Å². The van der Waals surface area contributed by atoms with Gasteiger partial charge in [0.25, 0.3) is 5.91 Å². The van der Waals surface area contributed by atoms with Crippen molar-refractivity contribution in [2.75, 3.05) is 13.2 Å². The van der Waals surface area contributed by atoms with E-state index < -0.39 is 74.0 Å². The summed E-state index contributed by atoms with van der Waals surface area (Å²) in [5.41, 5.74) is -0.433. The van der Waals surface area contributed by atoms with Gasteiger partial charge in [0.05, 0.1) is 17.5 Å². The van der Waals surface area contributed by atoms with Crippen molar-refractivity contribution in [1.29, 1.82) is 0 Å². The topological polar surface area (TPSA) is 195 Å². The highest BCUT2D eigenvalue weighted by atomic mass is 32.2. The van der Waals surface area contributed by atoms with Crippen LogP contribution in [0.15, 0.2) is 36.9 Å². The maximum absolute atomic E-state index is 14.5. The van der Waals surface area contributed by atoms with Gasteiger partial charge in [-0.2, -0.15) is 0 Å². The highest BCUT2D eigenvalue weighted by Crippen LogP contribution is 2.46. The van der Waals surface area contributed by atoms with Crippen LogP contribution in [-0.2, 0) is 35.6 Å². The number of benzene rings is 1. The van der Waals surface area contributed by atoms with Gasteiger partial charge in [-0.15, -0.1) is 21.6 Å². The number of alkyl carbamates (subject to hydrolysis) is 1. The Hall–Kier alpha value is -4.34. The van der Waals surface area contributed by atoms with E-state index in [1.807, 2.05) is 18.2 Å². The number of cyclic esters (lactones) is 1. The first-order valence-corrected chi connectivity index (χ1v) is 19.4. The van der Waals surface area contributed by atoms with Crippen LogP contribution in [0, 0.1) is 11.3 Å². The number of carbonyl (C=O) groups is 4. The average Bonchev–Trinajstić information content (AvgIpc) is 3.96. The zero-order chi connectivity index (χ0) is 36.6. The summed E-state index contributed by atoms with van der Waals surface area (Å²) in [5, 5.41) is 18.2. The number of hydrogen-bond acceptors (Lipinski definition) is 10. The van der Waals surface area contributed by atoms with Crippen molar-refractivity contribution in [2.45, 2.75) is 114 Å². The van der Waals surface area contributed by atoms with Gasteiger partial charge in [0, 0.05) is 18.4 Å². The molecule has 5 atom stereocenters. The molecule has 51 heavy (non-hydrogen) atoms. The molecule has 0 radical (unpaired) electrons. The molecular weight excluding hydrogens is 677 g/mol. The van der Waals surface area contributed by atoms with Crippen molar-refractivity contribution in [3.05, 3.63) is 48.3 Å². The average molecular weight is 725 g/mol. The fourth-order valence-corrected chi connectivity index (χ4v) is 8.33. The van der Waals surface area contributed by atoms with Crippen molar-refractivity contribution < 1.29 is 32.3 Å². The van der Waals surface area contributed by atoms with Crippen molar-refractivity contribution in [2.24, 2.45) is 11.3 Å². The summed E-state index contributed by atoms with van der Waals surface area (Å²) >= 11 is 0. The molecule has 3 N–H and O–H groups in total. The van der Waals surface area contributed by atoms with Crippen LogP contribution in [0.1, 0.15) is 95.9 Å². The van der Waals surface area contributed by atoms with E-state index in [1.165, 1.54) is 15.8 Å². The van der Waals surface area contributed by atoms with Gasteiger partial charge in [-0.1, -0.05) is 58.2 Å². The quantitative estimate of drug-likeness (QED) is 0.373. The minimum atomic E-state index is -3.88. The Morgan fingerprint density at radius 3 is 2.57 bits per heavy atom. The zero-order valence-corrected chi connectivity index (χ0v) is 30.3. The van der Waals surface area contributed by atoms with Crippen LogP contribution < -0.4 is 15.4 Å². The van der Waals surface area contributed by atoms with Crippen LogP contribution in [0.2, 0.25) is 0 Å². The zero-order valence-electron chi connectivity index (χ0n) is 29.5. The summed E-state index contributed by atoms with van der Waals surface area (Å²) in [6, 6.07) is 5.75. The number of rotatable bonds is 6. The molecule has 2 aromatic rings. The highest BCUT2D eigenvalue weighted by molar-refractivity contribution is 7.91. The second kappa shape index (κ2) is 14.4. The van der Waals surface area contributed by atoms with Crippen LogP contribution in [0.4, 0.5) is 4.79 Å². The Kier molecular flexibility index (Phi) is 10.3. The standard InChI is InChI=1S/C35H48N8O7S/c1-5-24-20-35(24,32(46)40-51(48,49)26-15-16-26)37-30(44)27-19-23-21-42(27)31(45)28(34(2,3)4)36-33(47)50-17-10-8-6-7-9-12-22-13-11-14-25(18-22)43-39-29(23)38-41-43/h5,11,13-14,18,23-24,26-28H,1,6-10,12,15-17,19-21H2,2-4H3,(H,36,47)(H,37,44)(H,40,46)/t23-,24-,27+,28-,35-/m1/s1. The van der Waals surface area contributed by atoms with E-state index in [0.717, 1.165) is 43.4 Å². The molecule has 6 bridgehead atoms. The van der Waals surface area contributed by atoms with E-state index >= 15 is 0 Å². The Labute approximate surface area is 298 Å². The minimum absolute atomic E-state index is 0.0338. The number of amides is 4. The SMILES string of the molecule is C=C[C@@H]1C[C@]1(NC(=O)[C@@H]1C[C@@H]2CN1C(=O)[C@H](C(C)(C)C)NC(=O)OCCCCCCCc1cccc(c1)-n1nnc2n1)C(=O)NS(=O)(=O)C1CC1. The number of nitrogens with one attached hydrogen (secondary N) is 3. The molecule has 6 rings (SSSR count). The fraction of sp³-hybridized carbons (Fsp3) is 0.629. The number of ether oxygens (including phenoxy) is 1. The Morgan fingerprint density at radius 1 is 1.12 bits per heavy atom. The van der Waals surface area contributed by atoms with Gasteiger partial charge in [0.15, 0.2) is 5.82 Å². The van der Waals surface area contributed by atoms with E-state index in [4.69, 9.17) is 4.74 Å². The summed E-state index contributed by atoms with van der Waals surface area (Å²) in [4.78, 5) is 57.9. The monoisotopic (exact) mass is 724 g/mol. The molecule has 2 aliphatic carbocycles. The number of tetrazole rings is 1. The molecule has 0 spiro atoms. The van der Waals surface area contributed by atoms with Gasteiger partial charge in [-0.3, -0.25) is 19.1 Å². The maximum atomic E-state index is 14.5. The number of carbonyl (C=O) groups excluding carboxylic acids is 4. The summed E-state index contributed by atoms with van der Waals surface area (Å²) in [5.74, 6) is -2.68. The van der Waals surface area contributed by atoms with Gasteiger partial charge >= 0.3 is 6.09 Å². The van der Waals surface area contributed by atoms with E-state index in [9.17, 15) is 27.6 Å². The normalized spacial score (nSPS) is 27.7. The molecule has 16 heteroatoms. The summed E-state index contributed by atoms with van der Waals surface area (Å²) in [7, 11) is -3.88. The Morgan fingerprint density at radius 2 is 1.86 bits per heavy atom. The Balaban J connectivity index is 1.31. The second-order valence-corrected chi connectivity index (χ2v) is 17.3. The third kappa shape index (κ3) is 8.10. The minimum Gasteiger partial charge on any atom is -0.450 e. The molecule has 4 aliphatic rings. The molecule has 1 saturated heterocycles. The molecule has 2 saturated carbocycles. The smallest absolute Gasteiger partial charge is 0.407 e. The van der Waals surface area contributed by atoms with Gasteiger partial charge < -0.3 is 20.3 Å². The van der Waals surface area contributed by atoms with Crippen molar-refractivity contribution >= 4 is 33.8 Å². The van der Waals surface area contributed by atoms with Crippen LogP contribution in [0.25, 0.3) is 5.69 Å². The number of sulfonamides is 1. The molecule has 0 unspecified atom stereocenters. The van der Waals surface area contributed by atoms with Crippen molar-refractivity contribution in [1.82, 2.24) is 40.5 Å². The largest absolute Gasteiger partial charge is 0.450 e. The predicted octanol–water partition coefficient (Wildman–Crippen LogP) is 2.66. The van der Waals surface area contributed by atoms with Gasteiger partial charge in [-0.25, -0.2) is 13.2 Å². The van der Waals surface area contributed by atoms with Crippen LogP contribution in [-0.4, -0.2) is 93.4 Å². The third-order valence-corrected chi connectivity index (χ3v) is 12.1. The molecule has 1 aromatic carbocycles. The first-order valence-electron chi connectivity index (χ1n) is 17.9. The second-order valence-electron chi connectivity index (χ2n) is 15.3. The van der Waals surface area contributed by atoms with E-state index in [0.29, 0.717) is 25.1 Å². The lowest BCUT2D eigenvalue weighted by atomic mass is 9.85. The molecular formula is C35H48N8O7S.